The monoisotopic (exact) mass is 603 g/mol. The van der Waals surface area contributed by atoms with Crippen LogP contribution in [0.5, 0.6) is 5.75 Å². The Morgan fingerprint density at radius 2 is 2.09 bits per heavy atom. The fourth-order valence-electron chi connectivity index (χ4n) is 3.05. The number of pyridine rings is 1. The Hall–Kier alpha value is -2.64. The molecule has 1 atom stereocenters. The molecular formula is C23H21BrF3N3O3Se. The molecule has 0 aliphatic rings. The normalized spacial score (nSPS) is 12.1. The van der Waals surface area contributed by atoms with Crippen LogP contribution in [0.3, 0.4) is 0 Å². The fourth-order valence-corrected chi connectivity index (χ4v) is 4.97. The van der Waals surface area contributed by atoms with Crippen molar-refractivity contribution in [3.05, 3.63) is 58.2 Å². The van der Waals surface area contributed by atoms with E-state index in [2.05, 4.69) is 38.4 Å². The first-order valence-corrected chi connectivity index (χ1v) is 12.5. The molecule has 34 heavy (non-hydrogen) atoms. The van der Waals surface area contributed by atoms with Crippen molar-refractivity contribution >= 4 is 52.6 Å². The minimum atomic E-state index is -4.32. The molecule has 0 spiro atoms. The van der Waals surface area contributed by atoms with Gasteiger partial charge in [0.25, 0.3) is 0 Å². The molecule has 0 aliphatic carbocycles. The van der Waals surface area contributed by atoms with E-state index in [0.717, 1.165) is 0 Å². The summed E-state index contributed by atoms with van der Waals surface area (Å²) in [6.45, 7) is 1.79. The predicted molar refractivity (Wildman–Crippen MR) is 129 cm³/mol. The Labute approximate surface area is 209 Å². The second-order valence-electron chi connectivity index (χ2n) is 7.15. The number of nitrogens with one attached hydrogen (secondary N) is 2. The van der Waals surface area contributed by atoms with Gasteiger partial charge >= 0.3 is 191 Å². The third-order valence-corrected chi connectivity index (χ3v) is 6.97. The van der Waals surface area contributed by atoms with Crippen LogP contribution in [0.15, 0.2) is 47.1 Å². The Kier molecular flexibility index (Phi) is 8.55. The van der Waals surface area contributed by atoms with Crippen molar-refractivity contribution in [3.8, 4) is 17.6 Å². The number of amides is 1. The van der Waals surface area contributed by atoms with E-state index in [1.807, 2.05) is 0 Å². The number of nitrogens with zero attached hydrogens (tertiary/aromatic N) is 1. The summed E-state index contributed by atoms with van der Waals surface area (Å²) in [7, 11) is 1.48. The first kappa shape index (κ1) is 26.0. The summed E-state index contributed by atoms with van der Waals surface area (Å²) < 4.78 is 47.2. The van der Waals surface area contributed by atoms with E-state index in [4.69, 9.17) is 4.74 Å². The van der Waals surface area contributed by atoms with Crippen molar-refractivity contribution in [2.45, 2.75) is 18.1 Å². The molecule has 2 aromatic heterocycles. The Morgan fingerprint density at radius 1 is 1.32 bits per heavy atom. The SMILES string of the molecule is COc1ccc(C(=O)NC[C@@H](C)O)cc1NCC#Cc1cc2c(Br)cccn2c1[Se]C(F)(F)F. The van der Waals surface area contributed by atoms with Gasteiger partial charge in [-0.3, -0.25) is 0 Å². The maximum absolute atomic E-state index is 13.2. The van der Waals surface area contributed by atoms with E-state index in [1.54, 1.807) is 49.5 Å². The zero-order chi connectivity index (χ0) is 24.9. The number of halogens is 4. The van der Waals surface area contributed by atoms with Crippen LogP contribution in [0.25, 0.3) is 5.52 Å². The second kappa shape index (κ2) is 11.2. The van der Waals surface area contributed by atoms with Crippen molar-refractivity contribution in [1.82, 2.24) is 9.72 Å². The summed E-state index contributed by atoms with van der Waals surface area (Å²) >= 11 is 1.60. The van der Waals surface area contributed by atoms with Gasteiger partial charge in [-0.2, -0.15) is 0 Å². The van der Waals surface area contributed by atoms with Crippen LogP contribution in [-0.4, -0.2) is 61.7 Å². The van der Waals surface area contributed by atoms with Crippen molar-refractivity contribution in [3.63, 3.8) is 0 Å². The first-order chi connectivity index (χ1) is 16.1. The number of hydrogen-bond acceptors (Lipinski definition) is 4. The summed E-state index contributed by atoms with van der Waals surface area (Å²) in [4.78, 5) is 12.3. The van der Waals surface area contributed by atoms with E-state index in [-0.39, 0.29) is 23.6 Å². The second-order valence-corrected chi connectivity index (χ2v) is 10.2. The maximum atomic E-state index is 13.2. The number of methoxy groups -OCH3 is 1. The van der Waals surface area contributed by atoms with Crippen molar-refractivity contribution in [1.29, 1.82) is 0 Å². The Bertz CT molecular complexity index is 1250. The predicted octanol–water partition coefficient (Wildman–Crippen LogP) is 3.13. The number of hydrogen-bond donors (Lipinski definition) is 3. The van der Waals surface area contributed by atoms with Crippen LogP contribution in [0, 0.1) is 11.8 Å². The van der Waals surface area contributed by atoms with E-state index in [1.165, 1.54) is 11.5 Å². The number of alkyl halides is 3. The van der Waals surface area contributed by atoms with Gasteiger partial charge in [0.15, 0.2) is 0 Å². The van der Waals surface area contributed by atoms with Crippen molar-refractivity contribution < 1.29 is 27.8 Å². The van der Waals surface area contributed by atoms with E-state index in [0.29, 0.717) is 32.6 Å². The molecule has 0 fully saturated rings. The number of ether oxygens (including phenoxy) is 1. The van der Waals surface area contributed by atoms with Gasteiger partial charge in [-0.05, 0) is 6.92 Å². The number of aliphatic hydroxyl groups excluding tert-OH is 1. The Morgan fingerprint density at radius 3 is 2.76 bits per heavy atom. The third-order valence-electron chi connectivity index (χ3n) is 4.53. The van der Waals surface area contributed by atoms with Crippen molar-refractivity contribution in [2.75, 3.05) is 25.5 Å². The van der Waals surface area contributed by atoms with Gasteiger partial charge in [0.1, 0.15) is 0 Å². The summed E-state index contributed by atoms with van der Waals surface area (Å²) in [5.41, 5.74) is 1.78. The van der Waals surface area contributed by atoms with Gasteiger partial charge in [0.2, 0.25) is 0 Å². The van der Waals surface area contributed by atoms with Gasteiger partial charge < -0.3 is 5.11 Å². The number of aromatic nitrogens is 1. The summed E-state index contributed by atoms with van der Waals surface area (Å²) in [6.07, 6.45) is 0.913. The molecule has 6 nitrogen and oxygen atoms in total. The zero-order valence-corrected chi connectivity index (χ0v) is 21.5. The van der Waals surface area contributed by atoms with E-state index >= 15 is 0 Å². The van der Waals surface area contributed by atoms with Crippen LogP contribution in [0.1, 0.15) is 22.8 Å². The van der Waals surface area contributed by atoms with Gasteiger partial charge in [-0.25, -0.2) is 0 Å². The molecule has 0 bridgehead atoms. The third kappa shape index (κ3) is 6.70. The number of rotatable bonds is 7. The molecule has 1 amide bonds. The molecule has 3 aromatic rings. The van der Waals surface area contributed by atoms with E-state index < -0.39 is 26.1 Å². The molecule has 0 saturated heterocycles. The number of carbonyl (C=O) groups excluding carboxylic acids is 1. The molecule has 0 saturated carbocycles. The topological polar surface area (TPSA) is 75.0 Å². The average Bonchev–Trinajstić information content (AvgIpc) is 3.12. The molecule has 11 heteroatoms. The molecule has 1 aromatic carbocycles. The number of aliphatic hydroxyl groups is 1. The number of carbonyl (C=O) groups is 1. The molecule has 3 N–H and O–H groups in total. The van der Waals surface area contributed by atoms with Gasteiger partial charge in [-0.1, -0.05) is 0 Å². The van der Waals surface area contributed by atoms with Crippen LogP contribution < -0.4 is 20.0 Å². The minimum absolute atomic E-state index is 0.112. The molecule has 0 unspecified atom stereocenters. The van der Waals surface area contributed by atoms with Gasteiger partial charge in [0, 0.05) is 0 Å². The average molecular weight is 603 g/mol. The van der Waals surface area contributed by atoms with Crippen LogP contribution in [0.2, 0.25) is 0 Å². The molecule has 3 rings (SSSR count). The van der Waals surface area contributed by atoms with Crippen LogP contribution in [0.4, 0.5) is 18.9 Å². The molecule has 180 valence electrons. The number of fused-ring (bicyclic) bond motifs is 1. The Balaban J connectivity index is 1.81. The summed E-state index contributed by atoms with van der Waals surface area (Å²) in [5.74, 6) is 5.83. The number of anilines is 1. The fraction of sp³-hybridized carbons (Fsp3) is 0.261. The van der Waals surface area contributed by atoms with Gasteiger partial charge in [0.05, 0.1) is 6.10 Å². The molecule has 2 heterocycles. The quantitative estimate of drug-likeness (QED) is 0.287. The summed E-state index contributed by atoms with van der Waals surface area (Å²) in [6, 6.07) is 9.85. The first-order valence-electron chi connectivity index (χ1n) is 10.0. The standard InChI is InChI=1S/C23H21BrF3N3O3Se/c1-14(31)13-29-21(32)15-7-8-20(33-2)18(11-15)28-9-3-5-16-12-19-17(24)6-4-10-30(19)22(16)34-23(25,26)27/h4,6-8,10-12,14,28,31H,9,13H2,1-2H3,(H,29,32)/t14-/m1/s1. The molecule has 0 aliphatic heterocycles. The van der Waals surface area contributed by atoms with Crippen molar-refractivity contribution in [2.24, 2.45) is 0 Å². The van der Waals surface area contributed by atoms with Crippen LogP contribution in [-0.2, 0) is 0 Å². The van der Waals surface area contributed by atoms with Gasteiger partial charge in [-0.15, -0.1) is 0 Å². The molecular weight excluding hydrogens is 582 g/mol. The summed E-state index contributed by atoms with van der Waals surface area (Å²) in [5, 5.41) is 10.7. The van der Waals surface area contributed by atoms with Crippen LogP contribution >= 0.6 is 15.9 Å². The number of benzene rings is 1. The molecule has 0 radical (unpaired) electrons. The van der Waals surface area contributed by atoms with E-state index in [9.17, 15) is 23.1 Å². The zero-order valence-electron chi connectivity index (χ0n) is 18.2.